The topological polar surface area (TPSA) is 78.0 Å². The Balaban J connectivity index is 1.51. The van der Waals surface area contributed by atoms with Crippen LogP contribution in [0.4, 0.5) is 24.5 Å². The highest BCUT2D eigenvalue weighted by atomic mass is 19.2. The van der Waals surface area contributed by atoms with Crippen LogP contribution < -0.4 is 25.6 Å². The van der Waals surface area contributed by atoms with Crippen molar-refractivity contribution in [2.45, 2.75) is 12.5 Å². The van der Waals surface area contributed by atoms with E-state index >= 15 is 0 Å². The van der Waals surface area contributed by atoms with Gasteiger partial charge in [0, 0.05) is 26.2 Å². The van der Waals surface area contributed by atoms with E-state index in [1.165, 1.54) is 0 Å². The maximum atomic E-state index is 13.7. The van der Waals surface area contributed by atoms with Crippen molar-refractivity contribution in [3.05, 3.63) is 53.8 Å². The minimum absolute atomic E-state index is 0.0859. The van der Waals surface area contributed by atoms with E-state index < -0.39 is 29.0 Å². The number of carbonyl (C=O) groups is 1. The number of nitrogens with one attached hydrogen (secondary N) is 3. The molecular weight excluding hydrogens is 411 g/mol. The van der Waals surface area contributed by atoms with Crippen LogP contribution in [0.2, 0.25) is 0 Å². The van der Waals surface area contributed by atoms with Crippen LogP contribution in [-0.2, 0) is 4.79 Å². The number of hydrogen-bond acceptors (Lipinski definition) is 4. The Kier molecular flexibility index (Phi) is 7.22. The van der Waals surface area contributed by atoms with E-state index in [4.69, 9.17) is 4.74 Å². The second-order valence-corrected chi connectivity index (χ2v) is 6.94. The van der Waals surface area contributed by atoms with E-state index in [0.29, 0.717) is 12.5 Å². The third-order valence-electron chi connectivity index (χ3n) is 4.90. The largest absolute Gasteiger partial charge is 0.495 e. The minimum Gasteiger partial charge on any atom is -0.495 e. The molecule has 7 nitrogen and oxygen atoms in total. The fourth-order valence-electron chi connectivity index (χ4n) is 3.36. The van der Waals surface area contributed by atoms with E-state index in [2.05, 4.69) is 25.8 Å². The zero-order valence-electron chi connectivity index (χ0n) is 17.2. The van der Waals surface area contributed by atoms with E-state index in [1.54, 1.807) is 14.2 Å². The quantitative estimate of drug-likeness (QED) is 0.369. The second kappa shape index (κ2) is 10.1. The van der Waals surface area contributed by atoms with Crippen LogP contribution in [0.15, 0.2) is 41.4 Å². The number of benzene rings is 2. The zero-order chi connectivity index (χ0) is 22.4. The lowest BCUT2D eigenvalue weighted by Crippen LogP contribution is -2.46. The van der Waals surface area contributed by atoms with E-state index in [0.717, 1.165) is 36.5 Å². The summed E-state index contributed by atoms with van der Waals surface area (Å²) in [7, 11) is 3.20. The zero-order valence-corrected chi connectivity index (χ0v) is 17.2. The number of methoxy groups -OCH3 is 1. The van der Waals surface area contributed by atoms with E-state index in [9.17, 15) is 18.0 Å². The smallest absolute Gasteiger partial charge is 0.243 e. The van der Waals surface area contributed by atoms with Gasteiger partial charge in [0.25, 0.3) is 0 Å². The summed E-state index contributed by atoms with van der Waals surface area (Å²) in [5.74, 6) is -3.84. The fraction of sp³-hybridized carbons (Fsp3) is 0.333. The van der Waals surface area contributed by atoms with Crippen molar-refractivity contribution < 1.29 is 22.7 Å². The average molecular weight is 435 g/mol. The Morgan fingerprint density at radius 3 is 2.71 bits per heavy atom. The molecule has 31 heavy (non-hydrogen) atoms. The predicted molar refractivity (Wildman–Crippen MR) is 113 cm³/mol. The van der Waals surface area contributed by atoms with Gasteiger partial charge in [-0.3, -0.25) is 9.79 Å². The van der Waals surface area contributed by atoms with Gasteiger partial charge in [0.2, 0.25) is 5.91 Å². The standard InChI is InChI=1S/C21H24F3N5O2/c1-25-21(26-11-18(30)28-15-8-7-14(22)19(23)20(15)24)27-13-9-10-29(12-13)16-5-3-4-6-17(16)31-2/h3-8,13H,9-12H2,1-2H3,(H,28,30)(H2,25,26,27). The molecule has 2 aromatic rings. The molecule has 0 aliphatic carbocycles. The molecule has 1 unspecified atom stereocenters. The molecule has 1 atom stereocenters. The Bertz CT molecular complexity index is 970. The summed E-state index contributed by atoms with van der Waals surface area (Å²) in [6.07, 6.45) is 0.852. The molecule has 0 saturated carbocycles. The fourth-order valence-corrected chi connectivity index (χ4v) is 3.36. The van der Waals surface area contributed by atoms with Crippen molar-refractivity contribution in [1.29, 1.82) is 0 Å². The number of rotatable bonds is 6. The molecule has 3 N–H and O–H groups in total. The summed E-state index contributed by atoms with van der Waals surface area (Å²) >= 11 is 0. The molecule has 1 heterocycles. The van der Waals surface area contributed by atoms with E-state index in [-0.39, 0.29) is 12.6 Å². The van der Waals surface area contributed by atoms with Gasteiger partial charge in [-0.2, -0.15) is 0 Å². The first-order valence-corrected chi connectivity index (χ1v) is 9.71. The molecule has 1 amide bonds. The lowest BCUT2D eigenvalue weighted by molar-refractivity contribution is -0.115. The van der Waals surface area contributed by atoms with Crippen molar-refractivity contribution in [3.8, 4) is 5.75 Å². The first-order valence-electron chi connectivity index (χ1n) is 9.71. The molecule has 0 bridgehead atoms. The van der Waals surface area contributed by atoms with Crippen molar-refractivity contribution in [3.63, 3.8) is 0 Å². The molecule has 2 aromatic carbocycles. The van der Waals surface area contributed by atoms with Gasteiger partial charge in [-0.1, -0.05) is 12.1 Å². The molecule has 0 radical (unpaired) electrons. The van der Waals surface area contributed by atoms with Gasteiger partial charge in [0.05, 0.1) is 25.0 Å². The van der Waals surface area contributed by atoms with Gasteiger partial charge in [0.15, 0.2) is 23.4 Å². The van der Waals surface area contributed by atoms with Gasteiger partial charge in [-0.05, 0) is 30.7 Å². The molecule has 1 aliphatic heterocycles. The number of carbonyl (C=O) groups excluding carboxylic acids is 1. The van der Waals surface area contributed by atoms with Crippen LogP contribution in [0, 0.1) is 17.5 Å². The number of nitrogens with zero attached hydrogens (tertiary/aromatic N) is 2. The molecule has 166 valence electrons. The van der Waals surface area contributed by atoms with Crippen LogP contribution >= 0.6 is 0 Å². The summed E-state index contributed by atoms with van der Waals surface area (Å²) in [4.78, 5) is 18.4. The van der Waals surface area contributed by atoms with Crippen molar-refractivity contribution in [2.75, 3.05) is 44.0 Å². The number of para-hydroxylation sites is 2. The van der Waals surface area contributed by atoms with Gasteiger partial charge in [0.1, 0.15) is 5.75 Å². The maximum Gasteiger partial charge on any atom is 0.243 e. The number of amides is 1. The Labute approximate surface area is 178 Å². The Morgan fingerprint density at radius 2 is 1.97 bits per heavy atom. The number of anilines is 2. The minimum atomic E-state index is -1.64. The summed E-state index contributed by atoms with van der Waals surface area (Å²) in [5, 5.41) is 8.28. The Hall–Kier alpha value is -3.43. The van der Waals surface area contributed by atoms with Crippen LogP contribution in [0.1, 0.15) is 6.42 Å². The van der Waals surface area contributed by atoms with Crippen molar-refractivity contribution in [2.24, 2.45) is 4.99 Å². The highest BCUT2D eigenvalue weighted by molar-refractivity contribution is 5.95. The first-order chi connectivity index (χ1) is 14.9. The van der Waals surface area contributed by atoms with Gasteiger partial charge in [-0.15, -0.1) is 0 Å². The molecule has 1 aliphatic rings. The summed E-state index contributed by atoms with van der Waals surface area (Å²) in [5.41, 5.74) is 0.571. The molecule has 0 spiro atoms. The SMILES string of the molecule is CN=C(NCC(=O)Nc1ccc(F)c(F)c1F)NC1CCN(c2ccccc2OC)C1. The molecular formula is C21H24F3N5O2. The summed E-state index contributed by atoms with van der Waals surface area (Å²) < 4.78 is 45.4. The van der Waals surface area contributed by atoms with E-state index in [1.807, 2.05) is 24.3 Å². The van der Waals surface area contributed by atoms with Crippen LogP contribution in [0.25, 0.3) is 0 Å². The summed E-state index contributed by atoms with van der Waals surface area (Å²) in [6.45, 7) is 1.30. The molecule has 0 aromatic heterocycles. The maximum absolute atomic E-state index is 13.7. The van der Waals surface area contributed by atoms with Crippen LogP contribution in [0.5, 0.6) is 5.75 Å². The number of guanidine groups is 1. The highest BCUT2D eigenvalue weighted by Gasteiger charge is 2.25. The number of halogens is 3. The third-order valence-corrected chi connectivity index (χ3v) is 4.90. The highest BCUT2D eigenvalue weighted by Crippen LogP contribution is 2.30. The Morgan fingerprint density at radius 1 is 1.19 bits per heavy atom. The molecule has 10 heteroatoms. The lowest BCUT2D eigenvalue weighted by atomic mass is 10.2. The average Bonchev–Trinajstić information content (AvgIpc) is 3.25. The van der Waals surface area contributed by atoms with Gasteiger partial charge >= 0.3 is 0 Å². The first kappa shape index (κ1) is 22.3. The summed E-state index contributed by atoms with van der Waals surface area (Å²) in [6, 6.07) is 9.56. The molecule has 3 rings (SSSR count). The monoisotopic (exact) mass is 435 g/mol. The lowest BCUT2D eigenvalue weighted by Gasteiger charge is -2.22. The van der Waals surface area contributed by atoms with Crippen LogP contribution in [-0.4, -0.2) is 51.7 Å². The van der Waals surface area contributed by atoms with Gasteiger partial charge in [-0.25, -0.2) is 13.2 Å². The number of hydrogen-bond donors (Lipinski definition) is 3. The van der Waals surface area contributed by atoms with Crippen LogP contribution in [0.3, 0.4) is 0 Å². The second-order valence-electron chi connectivity index (χ2n) is 6.94. The third kappa shape index (κ3) is 5.39. The predicted octanol–water partition coefficient (Wildman–Crippen LogP) is 2.49. The number of aliphatic imine (C=N–C) groups is 1. The van der Waals surface area contributed by atoms with Crippen molar-refractivity contribution in [1.82, 2.24) is 10.6 Å². The molecule has 1 fully saturated rings. The van der Waals surface area contributed by atoms with Crippen molar-refractivity contribution >= 4 is 23.2 Å². The van der Waals surface area contributed by atoms with Gasteiger partial charge < -0.3 is 25.6 Å². The number of ether oxygens (including phenoxy) is 1. The normalized spacial score (nSPS) is 16.2. The molecule has 1 saturated heterocycles.